The average molecular weight is 549 g/mol. The van der Waals surface area contributed by atoms with E-state index in [0.29, 0.717) is 32.5 Å². The van der Waals surface area contributed by atoms with Gasteiger partial charge in [0.2, 0.25) is 0 Å². The topological polar surface area (TPSA) is 82.5 Å². The van der Waals surface area contributed by atoms with Crippen LogP contribution in [0.25, 0.3) is 0 Å². The zero-order valence-corrected chi connectivity index (χ0v) is 24.1. The monoisotopic (exact) mass is 548 g/mol. The highest BCUT2D eigenvalue weighted by molar-refractivity contribution is 5.75. The lowest BCUT2D eigenvalue weighted by molar-refractivity contribution is -0.270. The first kappa shape index (κ1) is 27.9. The normalized spacial score (nSPS) is 37.0. The van der Waals surface area contributed by atoms with Crippen LogP contribution >= 0.6 is 0 Å². The molecule has 2 aromatic rings. The van der Waals surface area contributed by atoms with Crippen LogP contribution in [0, 0.1) is 17.3 Å². The molecule has 6 atom stereocenters. The molecule has 0 amide bonds. The fourth-order valence-electron chi connectivity index (χ4n) is 8.50. The summed E-state index contributed by atoms with van der Waals surface area (Å²) < 4.78 is 12.0. The van der Waals surface area contributed by atoms with Crippen LogP contribution in [-0.2, 0) is 20.0 Å². The smallest absolute Gasteiger partial charge is 0.310 e. The summed E-state index contributed by atoms with van der Waals surface area (Å²) in [6.45, 7) is 7.61. The van der Waals surface area contributed by atoms with Crippen LogP contribution in [0.5, 0.6) is 0 Å². The lowest BCUT2D eigenvalue weighted by Gasteiger charge is -2.62. The molecule has 0 aromatic heterocycles. The maximum atomic E-state index is 13.2. The molecule has 2 aromatic carbocycles. The van der Waals surface area contributed by atoms with Crippen LogP contribution < -0.4 is 0 Å². The number of fused-ring (bicyclic) bond motifs is 2. The third-order valence-corrected chi connectivity index (χ3v) is 11.1. The number of ether oxygens (including phenoxy) is 2. The van der Waals surface area contributed by atoms with Crippen LogP contribution in [0.15, 0.2) is 60.7 Å². The molecular weight excluding hydrogens is 504 g/mol. The van der Waals surface area contributed by atoms with E-state index in [1.165, 1.54) is 0 Å². The fourth-order valence-corrected chi connectivity index (χ4v) is 8.50. The number of rotatable bonds is 6. The first-order valence-corrected chi connectivity index (χ1v) is 14.9. The van der Waals surface area contributed by atoms with E-state index in [4.69, 9.17) is 9.47 Å². The second kappa shape index (κ2) is 10.2. The number of esters is 1. The number of benzene rings is 2. The average Bonchev–Trinajstić information content (AvgIpc) is 3.26. The van der Waals surface area contributed by atoms with E-state index in [2.05, 4.69) is 16.7 Å². The van der Waals surface area contributed by atoms with Gasteiger partial charge in [-0.25, -0.2) is 0 Å². The Morgan fingerprint density at radius 2 is 1.55 bits per heavy atom. The predicted octanol–water partition coefficient (Wildman–Crippen LogP) is 3.78. The van der Waals surface area contributed by atoms with Crippen molar-refractivity contribution in [3.8, 4) is 0 Å². The Hall–Kier alpha value is -2.29. The van der Waals surface area contributed by atoms with Gasteiger partial charge < -0.3 is 19.7 Å². The number of methoxy groups -OCH3 is 1. The number of hydrogen-bond acceptors (Lipinski definition) is 7. The van der Waals surface area contributed by atoms with Gasteiger partial charge in [0.1, 0.15) is 6.10 Å². The van der Waals surface area contributed by atoms with Crippen molar-refractivity contribution >= 4 is 5.97 Å². The molecule has 0 bridgehead atoms. The molecule has 2 saturated carbocycles. The fraction of sp³-hybridized carbons (Fsp3) is 0.606. The van der Waals surface area contributed by atoms with Crippen LogP contribution in [0.2, 0.25) is 0 Å². The minimum atomic E-state index is -1.23. The molecule has 0 radical (unpaired) electrons. The van der Waals surface area contributed by atoms with Crippen molar-refractivity contribution in [1.82, 2.24) is 9.80 Å². The van der Waals surface area contributed by atoms with Gasteiger partial charge in [-0.1, -0.05) is 67.6 Å². The molecule has 216 valence electrons. The van der Waals surface area contributed by atoms with E-state index < -0.39 is 16.9 Å². The molecule has 2 N–H and O–H groups in total. The van der Waals surface area contributed by atoms with Crippen molar-refractivity contribution in [3.63, 3.8) is 0 Å². The van der Waals surface area contributed by atoms with Gasteiger partial charge in [0, 0.05) is 62.3 Å². The van der Waals surface area contributed by atoms with Gasteiger partial charge in [-0.3, -0.25) is 14.6 Å². The predicted molar refractivity (Wildman–Crippen MR) is 152 cm³/mol. The zero-order chi connectivity index (χ0) is 28.2. The van der Waals surface area contributed by atoms with Crippen molar-refractivity contribution < 1.29 is 24.5 Å². The molecule has 40 heavy (non-hydrogen) atoms. The van der Waals surface area contributed by atoms with E-state index in [1.807, 2.05) is 67.6 Å². The van der Waals surface area contributed by atoms with Crippen LogP contribution in [-0.4, -0.2) is 83.1 Å². The molecule has 2 aliphatic heterocycles. The molecule has 0 unspecified atom stereocenters. The molecule has 0 spiro atoms. The van der Waals surface area contributed by atoms with E-state index in [0.717, 1.165) is 43.5 Å². The summed E-state index contributed by atoms with van der Waals surface area (Å²) in [6, 6.07) is 19.7. The maximum absolute atomic E-state index is 13.2. The van der Waals surface area contributed by atoms with Gasteiger partial charge in [-0.2, -0.15) is 0 Å². The van der Waals surface area contributed by atoms with Crippen LogP contribution in [0.3, 0.4) is 0 Å². The standard InChI is InChI=1S/C33H44N2O5/c1-30-15-10-16-31(2,39-3)32(30,37)21-26-27(29(36)40-28(26)22-30)23-34-17-19-35(20-18-34)33(38,24-11-6-4-7-12-24)25-13-8-5-9-14-25/h4-9,11-14,26-28,37-38H,10,15-23H2,1-3H3/t26-,27+,28+,30+,31+,32+/m0/s1. The van der Waals surface area contributed by atoms with Crippen molar-refractivity contribution in [2.45, 2.75) is 69.0 Å². The zero-order valence-electron chi connectivity index (χ0n) is 24.1. The molecular formula is C33H44N2O5. The van der Waals surface area contributed by atoms with Crippen molar-refractivity contribution in [2.24, 2.45) is 17.3 Å². The van der Waals surface area contributed by atoms with Crippen molar-refractivity contribution in [3.05, 3.63) is 71.8 Å². The third kappa shape index (κ3) is 4.24. The molecule has 4 fully saturated rings. The second-order valence-electron chi connectivity index (χ2n) is 13.1. The van der Waals surface area contributed by atoms with Gasteiger partial charge in [0.25, 0.3) is 0 Å². The van der Waals surface area contributed by atoms with Gasteiger partial charge in [0.05, 0.1) is 17.1 Å². The molecule has 2 aliphatic carbocycles. The van der Waals surface area contributed by atoms with E-state index in [1.54, 1.807) is 7.11 Å². The van der Waals surface area contributed by atoms with E-state index in [9.17, 15) is 15.0 Å². The van der Waals surface area contributed by atoms with E-state index >= 15 is 0 Å². The number of piperazine rings is 1. The summed E-state index contributed by atoms with van der Waals surface area (Å²) in [5.41, 5.74) is -1.49. The Morgan fingerprint density at radius 1 is 0.950 bits per heavy atom. The first-order chi connectivity index (χ1) is 19.1. The minimum absolute atomic E-state index is 0.0262. The Balaban J connectivity index is 1.18. The minimum Gasteiger partial charge on any atom is -0.462 e. The lowest BCUT2D eigenvalue weighted by atomic mass is 9.49. The molecule has 7 heteroatoms. The highest BCUT2D eigenvalue weighted by atomic mass is 16.6. The summed E-state index contributed by atoms with van der Waals surface area (Å²) in [5.74, 6) is -0.426. The Morgan fingerprint density at radius 3 is 2.12 bits per heavy atom. The number of carbonyl (C=O) groups excluding carboxylic acids is 1. The van der Waals surface area contributed by atoms with E-state index in [-0.39, 0.29) is 29.3 Å². The summed E-state index contributed by atoms with van der Waals surface area (Å²) in [4.78, 5) is 17.7. The molecule has 2 saturated heterocycles. The van der Waals surface area contributed by atoms with Gasteiger partial charge in [-0.15, -0.1) is 0 Å². The van der Waals surface area contributed by atoms with Crippen LogP contribution in [0.1, 0.15) is 57.1 Å². The SMILES string of the molecule is CO[C@]1(C)CCC[C@]2(C)C[C@H]3OC(=O)[C@H](CN4CCN(C(O)(c5ccccc5)c5ccccc5)CC4)[C@@H]3C[C@@]21O. The summed E-state index contributed by atoms with van der Waals surface area (Å²) in [7, 11) is 1.70. The summed E-state index contributed by atoms with van der Waals surface area (Å²) in [5, 5.41) is 24.4. The van der Waals surface area contributed by atoms with Gasteiger partial charge in [-0.05, 0) is 39.0 Å². The van der Waals surface area contributed by atoms with Gasteiger partial charge >= 0.3 is 5.97 Å². The number of carbonyl (C=O) groups is 1. The van der Waals surface area contributed by atoms with Gasteiger partial charge in [0.15, 0.2) is 5.72 Å². The Labute approximate surface area is 238 Å². The van der Waals surface area contributed by atoms with Crippen molar-refractivity contribution in [1.29, 1.82) is 0 Å². The summed E-state index contributed by atoms with van der Waals surface area (Å²) >= 11 is 0. The highest BCUT2D eigenvalue weighted by Crippen LogP contribution is 2.61. The second-order valence-corrected chi connectivity index (χ2v) is 13.1. The number of nitrogens with zero attached hydrogens (tertiary/aromatic N) is 2. The molecule has 4 aliphatic rings. The first-order valence-electron chi connectivity index (χ1n) is 14.9. The van der Waals surface area contributed by atoms with Crippen molar-refractivity contribution in [2.75, 3.05) is 39.8 Å². The molecule has 7 nitrogen and oxygen atoms in total. The Kier molecular flexibility index (Phi) is 7.11. The van der Waals surface area contributed by atoms with Crippen LogP contribution in [0.4, 0.5) is 0 Å². The number of aliphatic hydroxyl groups is 2. The maximum Gasteiger partial charge on any atom is 0.310 e. The lowest BCUT2D eigenvalue weighted by Crippen LogP contribution is -2.69. The third-order valence-electron chi connectivity index (χ3n) is 11.1. The molecule has 2 heterocycles. The summed E-state index contributed by atoms with van der Waals surface area (Å²) in [6.07, 6.45) is 3.80. The molecule has 6 rings (SSSR count). The Bertz CT molecular complexity index is 1160. The highest BCUT2D eigenvalue weighted by Gasteiger charge is 2.67. The number of hydrogen-bond donors (Lipinski definition) is 2. The largest absolute Gasteiger partial charge is 0.462 e. The quantitative estimate of drug-likeness (QED) is 0.532.